The summed E-state index contributed by atoms with van der Waals surface area (Å²) in [7, 11) is -5.85. The van der Waals surface area contributed by atoms with E-state index in [1.54, 1.807) is 12.1 Å². The molecule has 5 nitrogen and oxygen atoms in total. The van der Waals surface area contributed by atoms with Crippen molar-refractivity contribution in [3.05, 3.63) is 95.3 Å². The topological polar surface area (TPSA) is 64.9 Å². The van der Waals surface area contributed by atoms with E-state index in [0.717, 1.165) is 28.0 Å². The highest BCUT2D eigenvalue weighted by Crippen LogP contribution is 2.39. The van der Waals surface area contributed by atoms with Crippen molar-refractivity contribution in [1.82, 2.24) is 4.40 Å². The molecule has 0 aliphatic heterocycles. The number of rotatable bonds is 3. The number of fused-ring (bicyclic) bond motifs is 5. The second kappa shape index (κ2) is 7.19. The number of pyridine rings is 1. The number of hydrogen-bond acceptors (Lipinski definition) is 4. The molecular weight excluding hydrogens is 479 g/mol. The van der Waals surface area contributed by atoms with Gasteiger partial charge in [-0.05, 0) is 52.9 Å². The van der Waals surface area contributed by atoms with Crippen LogP contribution in [0.25, 0.3) is 49.1 Å². The molecule has 0 aliphatic rings. The molecule has 0 bridgehead atoms. The summed E-state index contributed by atoms with van der Waals surface area (Å²) in [6.45, 7) is 0. The monoisotopic (exact) mass is 493 g/mol. The maximum atomic E-state index is 13.5. The van der Waals surface area contributed by atoms with Crippen molar-refractivity contribution < 1.29 is 25.8 Å². The molecule has 2 aromatic heterocycles. The van der Waals surface area contributed by atoms with E-state index in [-0.39, 0.29) is 5.56 Å². The molecule has 6 rings (SSSR count). The maximum Gasteiger partial charge on any atom is 0.534 e. The minimum absolute atomic E-state index is 0.280. The lowest BCUT2D eigenvalue weighted by atomic mass is 9.97. The van der Waals surface area contributed by atoms with Crippen LogP contribution in [-0.4, -0.2) is 18.3 Å². The summed E-state index contributed by atoms with van der Waals surface area (Å²) >= 11 is 0. The van der Waals surface area contributed by atoms with E-state index in [1.807, 2.05) is 54.6 Å². The molecule has 0 unspecified atom stereocenters. The molecule has 0 amide bonds. The van der Waals surface area contributed by atoms with Crippen molar-refractivity contribution in [2.75, 3.05) is 0 Å². The van der Waals surface area contributed by atoms with Gasteiger partial charge in [-0.1, -0.05) is 48.5 Å². The van der Waals surface area contributed by atoms with Gasteiger partial charge in [0.1, 0.15) is 5.75 Å². The van der Waals surface area contributed by atoms with Crippen LogP contribution in [0.1, 0.15) is 0 Å². The number of nitrogens with zero attached hydrogens (tertiary/aromatic N) is 1. The largest absolute Gasteiger partial charge is 0.534 e. The predicted octanol–water partition coefficient (Wildman–Crippen LogP) is 6.09. The molecule has 0 N–H and O–H groups in total. The Bertz CT molecular complexity index is 1950. The number of hydrogen-bond donors (Lipinski definition) is 0. The van der Waals surface area contributed by atoms with Crippen LogP contribution in [0.4, 0.5) is 13.2 Å². The zero-order chi connectivity index (χ0) is 24.5. The molecule has 0 radical (unpaired) electrons. The second-order valence-corrected chi connectivity index (χ2v) is 9.67. The molecule has 2 heterocycles. The first-order chi connectivity index (χ1) is 16.7. The highest BCUT2D eigenvalue weighted by molar-refractivity contribution is 7.88. The van der Waals surface area contributed by atoms with Gasteiger partial charge in [-0.25, -0.2) is 0 Å². The molecule has 0 saturated carbocycles. The van der Waals surface area contributed by atoms with Crippen LogP contribution in [0.15, 0.2) is 89.7 Å². The molecule has 6 aromatic rings. The Balaban J connectivity index is 1.75. The van der Waals surface area contributed by atoms with Gasteiger partial charge in [0, 0.05) is 21.5 Å². The molecule has 0 aliphatic carbocycles. The Labute approximate surface area is 196 Å². The molecule has 174 valence electrons. The molecule has 4 aromatic carbocycles. The Morgan fingerprint density at radius 1 is 0.686 bits per heavy atom. The lowest BCUT2D eigenvalue weighted by molar-refractivity contribution is -0.0500. The number of halogens is 3. The fraction of sp³-hybridized carbons (Fsp3) is 0.0385. The maximum absolute atomic E-state index is 13.5. The summed E-state index contributed by atoms with van der Waals surface area (Å²) in [5, 5.41) is 3.01. The first kappa shape index (κ1) is 21.4. The average Bonchev–Trinajstić information content (AvgIpc) is 3.16. The third kappa shape index (κ3) is 3.15. The fourth-order valence-corrected chi connectivity index (χ4v) is 5.04. The van der Waals surface area contributed by atoms with Crippen molar-refractivity contribution >= 4 is 48.1 Å². The molecule has 0 fully saturated rings. The summed E-state index contributed by atoms with van der Waals surface area (Å²) in [6.07, 6.45) is 0. The molecule has 0 atom stereocenters. The first-order valence-electron chi connectivity index (χ1n) is 10.5. The van der Waals surface area contributed by atoms with Gasteiger partial charge in [0.25, 0.3) is 5.56 Å². The van der Waals surface area contributed by atoms with E-state index in [4.69, 9.17) is 0 Å². The molecule has 9 heteroatoms. The second-order valence-electron chi connectivity index (χ2n) is 8.13. The molecule has 35 heavy (non-hydrogen) atoms. The third-order valence-electron chi connectivity index (χ3n) is 6.08. The van der Waals surface area contributed by atoms with Gasteiger partial charge in [0.15, 0.2) is 0 Å². The van der Waals surface area contributed by atoms with E-state index in [2.05, 4.69) is 4.18 Å². The Morgan fingerprint density at radius 2 is 1.31 bits per heavy atom. The summed E-state index contributed by atoms with van der Waals surface area (Å²) in [6, 6.07) is 24.2. The summed E-state index contributed by atoms with van der Waals surface area (Å²) in [5.41, 5.74) is -3.07. The lowest BCUT2D eigenvalue weighted by Crippen LogP contribution is -2.28. The zero-order valence-electron chi connectivity index (χ0n) is 17.7. The molecule has 0 saturated heterocycles. The van der Waals surface area contributed by atoms with Crippen LogP contribution in [0.2, 0.25) is 0 Å². The quantitative estimate of drug-likeness (QED) is 0.170. The zero-order valence-corrected chi connectivity index (χ0v) is 18.5. The SMILES string of the molecule is O=c1c2ccccc2c2cc(-c3ccccc3)cc3c4cc(OS(=O)(=O)C(F)(F)F)ccc4n1c23. The number of aromatic nitrogens is 1. The van der Waals surface area contributed by atoms with Crippen LogP contribution in [0.5, 0.6) is 5.75 Å². The Morgan fingerprint density at radius 3 is 2.00 bits per heavy atom. The standard InChI is InChI=1S/C26H14F3NO4S/c27-26(28,29)35(32,33)34-17-10-11-23-20(14-17)22-13-16(15-6-2-1-3-7-15)12-21-18-8-4-5-9-19(18)25(31)30(23)24(21)22/h1-14H. The van der Waals surface area contributed by atoms with Crippen molar-refractivity contribution in [3.63, 3.8) is 0 Å². The van der Waals surface area contributed by atoms with Gasteiger partial charge >= 0.3 is 15.6 Å². The van der Waals surface area contributed by atoms with Crippen LogP contribution < -0.4 is 9.74 Å². The van der Waals surface area contributed by atoms with Gasteiger partial charge in [0.05, 0.1) is 11.0 Å². The van der Waals surface area contributed by atoms with Crippen LogP contribution in [0.3, 0.4) is 0 Å². The average molecular weight is 493 g/mol. The van der Waals surface area contributed by atoms with Crippen molar-refractivity contribution in [2.24, 2.45) is 0 Å². The Hall–Kier alpha value is -4.11. The Kier molecular flexibility index (Phi) is 4.40. The lowest BCUT2D eigenvalue weighted by Gasteiger charge is -2.09. The number of benzene rings is 4. The van der Waals surface area contributed by atoms with E-state index in [9.17, 15) is 26.4 Å². The predicted molar refractivity (Wildman–Crippen MR) is 128 cm³/mol. The van der Waals surface area contributed by atoms with Crippen molar-refractivity contribution in [3.8, 4) is 16.9 Å². The first-order valence-corrected chi connectivity index (χ1v) is 11.9. The smallest absolute Gasteiger partial charge is 0.376 e. The van der Waals surface area contributed by atoms with Crippen LogP contribution in [0, 0.1) is 0 Å². The van der Waals surface area contributed by atoms with Gasteiger partial charge in [-0.15, -0.1) is 0 Å². The number of alkyl halides is 3. The van der Waals surface area contributed by atoms with Crippen LogP contribution in [-0.2, 0) is 10.1 Å². The van der Waals surface area contributed by atoms with Crippen LogP contribution >= 0.6 is 0 Å². The normalized spacial score (nSPS) is 12.8. The highest BCUT2D eigenvalue weighted by atomic mass is 32.2. The van der Waals surface area contributed by atoms with Gasteiger partial charge < -0.3 is 4.18 Å². The summed E-state index contributed by atoms with van der Waals surface area (Å²) in [4.78, 5) is 13.5. The van der Waals surface area contributed by atoms with Crippen molar-refractivity contribution in [1.29, 1.82) is 0 Å². The highest BCUT2D eigenvalue weighted by Gasteiger charge is 2.48. The van der Waals surface area contributed by atoms with Gasteiger partial charge in [0.2, 0.25) is 0 Å². The van der Waals surface area contributed by atoms with Gasteiger partial charge in [-0.2, -0.15) is 21.6 Å². The van der Waals surface area contributed by atoms with Gasteiger partial charge in [-0.3, -0.25) is 9.20 Å². The molecular formula is C26H14F3NO4S. The summed E-state index contributed by atoms with van der Waals surface area (Å²) < 4.78 is 67.7. The molecule has 0 spiro atoms. The fourth-order valence-electron chi connectivity index (χ4n) is 4.59. The van der Waals surface area contributed by atoms with E-state index < -0.39 is 21.4 Å². The minimum atomic E-state index is -5.85. The van der Waals surface area contributed by atoms with E-state index in [0.29, 0.717) is 27.2 Å². The van der Waals surface area contributed by atoms with E-state index >= 15 is 0 Å². The summed E-state index contributed by atoms with van der Waals surface area (Å²) in [5.74, 6) is -0.496. The minimum Gasteiger partial charge on any atom is -0.376 e. The van der Waals surface area contributed by atoms with Crippen molar-refractivity contribution in [2.45, 2.75) is 5.51 Å². The third-order valence-corrected chi connectivity index (χ3v) is 7.06. The van der Waals surface area contributed by atoms with E-state index in [1.165, 1.54) is 16.5 Å².